The second-order valence-corrected chi connectivity index (χ2v) is 4.66. The number of benzene rings is 1. The third-order valence-electron chi connectivity index (χ3n) is 2.28. The van der Waals surface area contributed by atoms with Gasteiger partial charge in [-0.1, -0.05) is 25.1 Å². The summed E-state index contributed by atoms with van der Waals surface area (Å²) in [7, 11) is 0. The first kappa shape index (κ1) is 13.8. The molecule has 0 saturated carbocycles. The van der Waals surface area contributed by atoms with Crippen molar-refractivity contribution >= 4 is 23.4 Å². The number of carbonyl (C=O) groups excluding carboxylic acids is 1. The van der Waals surface area contributed by atoms with Crippen LogP contribution in [0, 0.1) is 0 Å². The normalized spacial score (nSPS) is 11.9. The summed E-state index contributed by atoms with van der Waals surface area (Å²) in [5, 5.41) is 2.85. The van der Waals surface area contributed by atoms with Crippen LogP contribution in [-0.4, -0.2) is 17.7 Å². The van der Waals surface area contributed by atoms with Gasteiger partial charge in [0.05, 0.1) is 11.7 Å². The number of anilines is 1. The van der Waals surface area contributed by atoms with Crippen molar-refractivity contribution in [3.05, 3.63) is 36.9 Å². The van der Waals surface area contributed by atoms with Gasteiger partial charge in [-0.3, -0.25) is 4.79 Å². The molecule has 1 aromatic carbocycles. The fraction of sp³-hybridized carbons (Fsp3) is 0.308. The minimum absolute atomic E-state index is 0.140. The van der Waals surface area contributed by atoms with Gasteiger partial charge in [0.25, 0.3) is 0 Å². The molecule has 0 bridgehead atoms. The SMILES string of the molecule is C=CCSc1ccccc1NC(=O)C(N)CC. The second kappa shape index (κ2) is 7.14. The summed E-state index contributed by atoms with van der Waals surface area (Å²) < 4.78 is 0. The van der Waals surface area contributed by atoms with Crippen LogP contribution < -0.4 is 11.1 Å². The van der Waals surface area contributed by atoms with Crippen LogP contribution in [0.1, 0.15) is 13.3 Å². The standard InChI is InChI=1S/C13H18N2OS/c1-3-9-17-12-8-6-5-7-11(12)15-13(16)10(14)4-2/h3,5-8,10H,1,4,9,14H2,2H3,(H,15,16). The molecule has 1 aromatic rings. The van der Waals surface area contributed by atoms with Crippen molar-refractivity contribution in [2.24, 2.45) is 5.73 Å². The highest BCUT2D eigenvalue weighted by atomic mass is 32.2. The van der Waals surface area contributed by atoms with Crippen molar-refractivity contribution in [3.63, 3.8) is 0 Å². The van der Waals surface area contributed by atoms with E-state index in [1.807, 2.05) is 37.3 Å². The van der Waals surface area contributed by atoms with Crippen molar-refractivity contribution < 1.29 is 4.79 Å². The lowest BCUT2D eigenvalue weighted by atomic mass is 10.2. The van der Waals surface area contributed by atoms with Gasteiger partial charge in [-0.05, 0) is 18.6 Å². The molecule has 0 aromatic heterocycles. The molecule has 3 nitrogen and oxygen atoms in total. The van der Waals surface area contributed by atoms with Gasteiger partial charge >= 0.3 is 0 Å². The molecule has 4 heteroatoms. The fourth-order valence-corrected chi connectivity index (χ4v) is 2.00. The summed E-state index contributed by atoms with van der Waals surface area (Å²) in [4.78, 5) is 12.7. The third kappa shape index (κ3) is 4.24. The van der Waals surface area contributed by atoms with E-state index < -0.39 is 6.04 Å². The van der Waals surface area contributed by atoms with E-state index in [0.29, 0.717) is 6.42 Å². The Labute approximate surface area is 106 Å². The molecular weight excluding hydrogens is 232 g/mol. The lowest BCUT2D eigenvalue weighted by molar-refractivity contribution is -0.117. The topological polar surface area (TPSA) is 55.1 Å². The zero-order valence-electron chi connectivity index (χ0n) is 9.98. The Morgan fingerprint density at radius 3 is 2.94 bits per heavy atom. The molecular formula is C13H18N2OS. The van der Waals surface area contributed by atoms with Crippen molar-refractivity contribution in [3.8, 4) is 0 Å². The number of carbonyl (C=O) groups is 1. The number of nitrogens with one attached hydrogen (secondary N) is 1. The summed E-state index contributed by atoms with van der Waals surface area (Å²) in [5.74, 6) is 0.673. The molecule has 0 fully saturated rings. The molecule has 0 spiro atoms. The van der Waals surface area contributed by atoms with Gasteiger partial charge in [0.15, 0.2) is 0 Å². The first-order valence-electron chi connectivity index (χ1n) is 5.58. The van der Waals surface area contributed by atoms with Crippen molar-refractivity contribution in [1.29, 1.82) is 0 Å². The summed E-state index contributed by atoms with van der Waals surface area (Å²) in [5.41, 5.74) is 6.49. The minimum atomic E-state index is -0.451. The van der Waals surface area contributed by atoms with Crippen molar-refractivity contribution in [1.82, 2.24) is 0 Å². The number of thioether (sulfide) groups is 1. The first-order valence-corrected chi connectivity index (χ1v) is 6.56. The maximum Gasteiger partial charge on any atom is 0.241 e. The van der Waals surface area contributed by atoms with Gasteiger partial charge in [-0.2, -0.15) is 0 Å². The number of para-hydroxylation sites is 1. The number of hydrogen-bond donors (Lipinski definition) is 2. The quantitative estimate of drug-likeness (QED) is 0.603. The van der Waals surface area contributed by atoms with E-state index in [1.165, 1.54) is 0 Å². The van der Waals surface area contributed by atoms with Crippen LogP contribution in [0.15, 0.2) is 41.8 Å². The van der Waals surface area contributed by atoms with Crippen LogP contribution >= 0.6 is 11.8 Å². The van der Waals surface area contributed by atoms with E-state index in [9.17, 15) is 4.79 Å². The maximum absolute atomic E-state index is 11.7. The Balaban J connectivity index is 2.75. The molecule has 1 amide bonds. The molecule has 1 atom stereocenters. The summed E-state index contributed by atoms with van der Waals surface area (Å²) in [6, 6.07) is 7.24. The number of nitrogens with two attached hydrogens (primary N) is 1. The van der Waals surface area contributed by atoms with Gasteiger partial charge in [0.2, 0.25) is 5.91 Å². The van der Waals surface area contributed by atoms with Crippen LogP contribution in [0.25, 0.3) is 0 Å². The van der Waals surface area contributed by atoms with E-state index in [-0.39, 0.29) is 5.91 Å². The first-order chi connectivity index (χ1) is 8.19. The molecule has 0 aliphatic rings. The van der Waals surface area contributed by atoms with Crippen molar-refractivity contribution in [2.45, 2.75) is 24.3 Å². The smallest absolute Gasteiger partial charge is 0.241 e. The lowest BCUT2D eigenvalue weighted by Crippen LogP contribution is -2.34. The third-order valence-corrected chi connectivity index (χ3v) is 3.35. The predicted octanol–water partition coefficient (Wildman–Crippen LogP) is 2.64. The van der Waals surface area contributed by atoms with Crippen LogP contribution in [0.2, 0.25) is 0 Å². The van der Waals surface area contributed by atoms with Gasteiger partial charge in [-0.15, -0.1) is 18.3 Å². The summed E-state index contributed by atoms with van der Waals surface area (Å²) >= 11 is 1.63. The highest BCUT2D eigenvalue weighted by Crippen LogP contribution is 2.26. The average Bonchev–Trinajstić information content (AvgIpc) is 2.36. The Morgan fingerprint density at radius 2 is 2.29 bits per heavy atom. The molecule has 1 rings (SSSR count). The van der Waals surface area contributed by atoms with Crippen LogP contribution in [-0.2, 0) is 4.79 Å². The maximum atomic E-state index is 11.7. The van der Waals surface area contributed by atoms with Crippen LogP contribution in [0.5, 0.6) is 0 Å². The largest absolute Gasteiger partial charge is 0.324 e. The molecule has 0 heterocycles. The highest BCUT2D eigenvalue weighted by molar-refractivity contribution is 7.99. The molecule has 1 unspecified atom stereocenters. The molecule has 0 radical (unpaired) electrons. The van der Waals surface area contributed by atoms with Crippen LogP contribution in [0.4, 0.5) is 5.69 Å². The Bertz CT molecular complexity index is 393. The van der Waals surface area contributed by atoms with E-state index in [4.69, 9.17) is 5.73 Å². The molecule has 0 saturated heterocycles. The Hall–Kier alpha value is -1.26. The van der Waals surface area contributed by atoms with Gasteiger partial charge < -0.3 is 11.1 Å². The number of hydrogen-bond acceptors (Lipinski definition) is 3. The Morgan fingerprint density at radius 1 is 1.59 bits per heavy atom. The molecule has 0 aliphatic carbocycles. The van der Waals surface area contributed by atoms with Gasteiger partial charge in [-0.25, -0.2) is 0 Å². The van der Waals surface area contributed by atoms with Crippen LogP contribution in [0.3, 0.4) is 0 Å². The number of amides is 1. The molecule has 0 aliphatic heterocycles. The van der Waals surface area contributed by atoms with E-state index in [1.54, 1.807) is 11.8 Å². The van der Waals surface area contributed by atoms with Gasteiger partial charge in [0.1, 0.15) is 0 Å². The highest BCUT2D eigenvalue weighted by Gasteiger charge is 2.12. The van der Waals surface area contributed by atoms with E-state index in [2.05, 4.69) is 11.9 Å². The minimum Gasteiger partial charge on any atom is -0.324 e. The monoisotopic (exact) mass is 250 g/mol. The molecule has 17 heavy (non-hydrogen) atoms. The fourth-order valence-electron chi connectivity index (χ4n) is 1.26. The molecule has 3 N–H and O–H groups in total. The van der Waals surface area contributed by atoms with E-state index in [0.717, 1.165) is 16.3 Å². The molecule has 92 valence electrons. The lowest BCUT2D eigenvalue weighted by Gasteiger charge is -2.13. The predicted molar refractivity (Wildman–Crippen MR) is 74.3 cm³/mol. The average molecular weight is 250 g/mol. The second-order valence-electron chi connectivity index (χ2n) is 3.60. The summed E-state index contributed by atoms with van der Waals surface area (Å²) in [6.07, 6.45) is 2.47. The van der Waals surface area contributed by atoms with Gasteiger partial charge in [0, 0.05) is 10.6 Å². The Kier molecular flexibility index (Phi) is 5.80. The zero-order chi connectivity index (χ0) is 12.7. The van der Waals surface area contributed by atoms with E-state index >= 15 is 0 Å². The zero-order valence-corrected chi connectivity index (χ0v) is 10.8. The van der Waals surface area contributed by atoms with Crippen molar-refractivity contribution in [2.75, 3.05) is 11.1 Å². The number of rotatable bonds is 6. The summed E-state index contributed by atoms with van der Waals surface area (Å²) in [6.45, 7) is 5.57.